The van der Waals surface area contributed by atoms with Crippen LogP contribution in [0.15, 0.2) is 53.3 Å². The first-order valence-corrected chi connectivity index (χ1v) is 11.2. The van der Waals surface area contributed by atoms with Gasteiger partial charge in [0.25, 0.3) is 0 Å². The van der Waals surface area contributed by atoms with Crippen LogP contribution in [0.3, 0.4) is 0 Å². The summed E-state index contributed by atoms with van der Waals surface area (Å²) in [5.41, 5.74) is 4.34. The Morgan fingerprint density at radius 3 is 2.44 bits per heavy atom. The lowest BCUT2D eigenvalue weighted by atomic mass is 9.87. The molecule has 1 unspecified atom stereocenters. The minimum absolute atomic E-state index is 0. The lowest BCUT2D eigenvalue weighted by Crippen LogP contribution is -2.48. The molecule has 2 heterocycles. The van der Waals surface area contributed by atoms with E-state index in [0.29, 0.717) is 6.04 Å². The van der Waals surface area contributed by atoms with Gasteiger partial charge >= 0.3 is 5.69 Å². The summed E-state index contributed by atoms with van der Waals surface area (Å²) >= 11 is 0. The molecule has 1 aliphatic heterocycles. The summed E-state index contributed by atoms with van der Waals surface area (Å²) in [4.78, 5) is 28.1. The standard InChI is InChI=1S/C25H30N4O2.ClH/c1-25(13-15-27(16-14-25)20-12-11-18-7-3-4-8-19(18)20)29-22-10-6-5-9-21(22)28(24(29)31)17-23(30)26-2;/h3-10,20H,11-17H2,1-2H3,(H,26,30);1H. The lowest BCUT2D eigenvalue weighted by molar-refractivity contribution is -0.121. The molecular weight excluding hydrogens is 424 g/mol. The number of piperidine rings is 1. The summed E-state index contributed by atoms with van der Waals surface area (Å²) in [5, 5.41) is 2.63. The maximum atomic E-state index is 13.5. The number of likely N-dealkylation sites (N-methyl/N-ethyl adjacent to an activating group) is 1. The van der Waals surface area contributed by atoms with Crippen LogP contribution in [0.4, 0.5) is 0 Å². The molecular formula is C25H31ClN4O2. The SMILES string of the molecule is CNC(=O)Cn1c(=O)n(C2(C)CCN(C3CCc4ccccc43)CC2)c2ccccc21.Cl. The average Bonchev–Trinajstić information content (AvgIpc) is 3.34. The van der Waals surface area contributed by atoms with Gasteiger partial charge in [0, 0.05) is 31.7 Å². The highest BCUT2D eigenvalue weighted by atomic mass is 35.5. The van der Waals surface area contributed by atoms with Crippen LogP contribution >= 0.6 is 12.4 Å². The van der Waals surface area contributed by atoms with Gasteiger partial charge in [-0.05, 0) is 55.9 Å². The minimum atomic E-state index is -0.265. The van der Waals surface area contributed by atoms with Crippen LogP contribution < -0.4 is 11.0 Å². The van der Waals surface area contributed by atoms with Crippen LogP contribution in [0.1, 0.15) is 43.4 Å². The molecule has 1 atom stereocenters. The van der Waals surface area contributed by atoms with Crippen molar-refractivity contribution in [3.63, 3.8) is 0 Å². The number of carbonyl (C=O) groups is 1. The Labute approximate surface area is 194 Å². The Morgan fingerprint density at radius 2 is 1.72 bits per heavy atom. The Morgan fingerprint density at radius 1 is 1.06 bits per heavy atom. The number of rotatable bonds is 4. The zero-order valence-corrected chi connectivity index (χ0v) is 19.5. The quantitative estimate of drug-likeness (QED) is 0.656. The third kappa shape index (κ3) is 3.65. The number of amides is 1. The topological polar surface area (TPSA) is 59.3 Å². The highest BCUT2D eigenvalue weighted by Gasteiger charge is 2.38. The molecule has 1 N–H and O–H groups in total. The zero-order valence-electron chi connectivity index (χ0n) is 18.7. The van der Waals surface area contributed by atoms with Crippen molar-refractivity contribution in [3.05, 3.63) is 70.1 Å². The molecule has 170 valence electrons. The predicted octanol–water partition coefficient (Wildman–Crippen LogP) is 3.47. The molecule has 0 bridgehead atoms. The van der Waals surface area contributed by atoms with Crippen molar-refractivity contribution in [1.29, 1.82) is 0 Å². The molecule has 3 aromatic rings. The van der Waals surface area contributed by atoms with Crippen LogP contribution in [0, 0.1) is 0 Å². The van der Waals surface area contributed by atoms with Crippen molar-refractivity contribution in [3.8, 4) is 0 Å². The van der Waals surface area contributed by atoms with Crippen molar-refractivity contribution in [2.75, 3.05) is 20.1 Å². The van der Waals surface area contributed by atoms with E-state index in [1.165, 1.54) is 17.5 Å². The molecule has 0 spiro atoms. The molecule has 2 aliphatic rings. The Hall–Kier alpha value is -2.57. The molecule has 1 amide bonds. The number of carbonyl (C=O) groups excluding carboxylic acids is 1. The fourth-order valence-electron chi connectivity index (χ4n) is 5.56. The third-order valence-electron chi connectivity index (χ3n) is 7.37. The molecule has 0 radical (unpaired) electrons. The monoisotopic (exact) mass is 454 g/mol. The molecule has 32 heavy (non-hydrogen) atoms. The van der Waals surface area contributed by atoms with Crippen molar-refractivity contribution in [2.45, 2.75) is 50.7 Å². The summed E-state index contributed by atoms with van der Waals surface area (Å²) in [6.45, 7) is 4.18. The second kappa shape index (κ2) is 8.75. The predicted molar refractivity (Wildman–Crippen MR) is 129 cm³/mol. The Kier molecular flexibility index (Phi) is 6.19. The van der Waals surface area contributed by atoms with Gasteiger partial charge in [-0.3, -0.25) is 18.8 Å². The number of imidazole rings is 1. The van der Waals surface area contributed by atoms with E-state index in [1.807, 2.05) is 28.8 Å². The Bertz CT molecular complexity index is 1190. The fourth-order valence-corrected chi connectivity index (χ4v) is 5.56. The number of aryl methyl sites for hydroxylation is 1. The van der Waals surface area contributed by atoms with Crippen molar-refractivity contribution < 1.29 is 4.79 Å². The highest BCUT2D eigenvalue weighted by Crippen LogP contribution is 2.40. The van der Waals surface area contributed by atoms with Crippen molar-refractivity contribution in [2.24, 2.45) is 0 Å². The molecule has 1 aromatic heterocycles. The van der Waals surface area contributed by atoms with Gasteiger partial charge < -0.3 is 5.32 Å². The van der Waals surface area contributed by atoms with Crippen LogP contribution in [0.25, 0.3) is 11.0 Å². The molecule has 5 rings (SSSR count). The maximum absolute atomic E-state index is 13.5. The Balaban J connectivity index is 0.00000245. The first-order valence-electron chi connectivity index (χ1n) is 11.2. The van der Waals surface area contributed by atoms with E-state index in [4.69, 9.17) is 0 Å². The molecule has 1 aliphatic carbocycles. The first kappa shape index (κ1) is 22.6. The first-order chi connectivity index (χ1) is 15.0. The van der Waals surface area contributed by atoms with Gasteiger partial charge in [-0.25, -0.2) is 4.79 Å². The summed E-state index contributed by atoms with van der Waals surface area (Å²) in [7, 11) is 1.60. The minimum Gasteiger partial charge on any atom is -0.358 e. The molecule has 1 fully saturated rings. The number of para-hydroxylation sites is 2. The molecule has 7 heteroatoms. The summed E-state index contributed by atoms with van der Waals surface area (Å²) < 4.78 is 3.56. The average molecular weight is 455 g/mol. The van der Waals surface area contributed by atoms with Crippen LogP contribution in [0.2, 0.25) is 0 Å². The number of nitrogens with zero attached hydrogens (tertiary/aromatic N) is 3. The van der Waals surface area contributed by atoms with E-state index >= 15 is 0 Å². The third-order valence-corrected chi connectivity index (χ3v) is 7.37. The number of fused-ring (bicyclic) bond motifs is 2. The van der Waals surface area contributed by atoms with Gasteiger partial charge in [0.15, 0.2) is 0 Å². The summed E-state index contributed by atoms with van der Waals surface area (Å²) in [6, 6.07) is 17.1. The summed E-state index contributed by atoms with van der Waals surface area (Å²) in [5.74, 6) is -0.162. The van der Waals surface area contributed by atoms with Crippen LogP contribution in [-0.4, -0.2) is 40.1 Å². The maximum Gasteiger partial charge on any atom is 0.330 e. The number of hydrogen-bond acceptors (Lipinski definition) is 3. The van der Waals surface area contributed by atoms with Crippen molar-refractivity contribution in [1.82, 2.24) is 19.4 Å². The van der Waals surface area contributed by atoms with E-state index in [2.05, 4.69) is 41.4 Å². The number of nitrogens with one attached hydrogen (secondary N) is 1. The largest absolute Gasteiger partial charge is 0.358 e. The molecule has 1 saturated heterocycles. The van der Waals surface area contributed by atoms with Gasteiger partial charge in [0.05, 0.1) is 11.0 Å². The van der Waals surface area contributed by atoms with Gasteiger partial charge in [-0.15, -0.1) is 12.4 Å². The fraction of sp³-hybridized carbons (Fsp3) is 0.440. The number of hydrogen-bond donors (Lipinski definition) is 1. The van der Waals surface area contributed by atoms with Gasteiger partial charge in [0.2, 0.25) is 5.91 Å². The molecule has 0 saturated carbocycles. The van der Waals surface area contributed by atoms with E-state index in [-0.39, 0.29) is 36.1 Å². The van der Waals surface area contributed by atoms with Gasteiger partial charge in [-0.2, -0.15) is 0 Å². The van der Waals surface area contributed by atoms with Crippen molar-refractivity contribution >= 4 is 29.3 Å². The normalized spacial score (nSPS) is 20.0. The number of halogens is 1. The van der Waals surface area contributed by atoms with Gasteiger partial charge in [0.1, 0.15) is 6.54 Å². The lowest BCUT2D eigenvalue weighted by Gasteiger charge is -2.42. The number of aromatic nitrogens is 2. The summed E-state index contributed by atoms with van der Waals surface area (Å²) in [6.07, 6.45) is 4.17. The number of likely N-dealkylation sites (tertiary alicyclic amines) is 1. The smallest absolute Gasteiger partial charge is 0.330 e. The zero-order chi connectivity index (χ0) is 21.6. The van der Waals surface area contributed by atoms with E-state index in [1.54, 1.807) is 11.6 Å². The van der Waals surface area contributed by atoms with Gasteiger partial charge in [-0.1, -0.05) is 36.4 Å². The van der Waals surface area contributed by atoms with E-state index in [0.717, 1.165) is 43.4 Å². The van der Waals surface area contributed by atoms with Crippen LogP contribution in [-0.2, 0) is 23.3 Å². The van der Waals surface area contributed by atoms with E-state index in [9.17, 15) is 9.59 Å². The second-order valence-corrected chi connectivity index (χ2v) is 9.15. The van der Waals surface area contributed by atoms with Crippen LogP contribution in [0.5, 0.6) is 0 Å². The highest BCUT2D eigenvalue weighted by molar-refractivity contribution is 5.85. The molecule has 2 aromatic carbocycles. The van der Waals surface area contributed by atoms with E-state index < -0.39 is 0 Å². The molecule has 6 nitrogen and oxygen atoms in total. The second-order valence-electron chi connectivity index (χ2n) is 9.15. The number of benzene rings is 2.